The van der Waals surface area contributed by atoms with E-state index in [4.69, 9.17) is 4.74 Å². The molecule has 1 amide bonds. The molecular weight excluding hydrogens is 412 g/mol. The van der Waals surface area contributed by atoms with Crippen molar-refractivity contribution in [1.29, 1.82) is 5.26 Å². The van der Waals surface area contributed by atoms with Crippen molar-refractivity contribution in [2.45, 2.75) is 63.8 Å². The van der Waals surface area contributed by atoms with Gasteiger partial charge in [0.1, 0.15) is 11.1 Å². The minimum atomic E-state index is -0.688. The highest BCUT2D eigenvalue weighted by atomic mass is 32.2. The van der Waals surface area contributed by atoms with Gasteiger partial charge in [0.25, 0.3) is 5.91 Å². The Balaban J connectivity index is 1.41. The topological polar surface area (TPSA) is 104 Å². The third-order valence-electron chi connectivity index (χ3n) is 7.69. The summed E-state index contributed by atoms with van der Waals surface area (Å²) in [5.74, 6) is -0.248. The molecule has 4 rings (SSSR count). The van der Waals surface area contributed by atoms with Crippen molar-refractivity contribution in [1.82, 2.24) is 10.4 Å². The minimum Gasteiger partial charge on any atom is -0.452 e. The second kappa shape index (κ2) is 7.94. The van der Waals surface area contributed by atoms with Crippen molar-refractivity contribution < 1.29 is 14.3 Å². The van der Waals surface area contributed by atoms with Crippen LogP contribution in [0.1, 0.15) is 80.4 Å². The molecule has 0 saturated heterocycles. The molecule has 0 aromatic carbocycles. The van der Waals surface area contributed by atoms with Crippen LogP contribution in [0.25, 0.3) is 0 Å². The van der Waals surface area contributed by atoms with Crippen LogP contribution in [0.15, 0.2) is 16.2 Å². The lowest BCUT2D eigenvalue weighted by Crippen LogP contribution is -2.35. The van der Waals surface area contributed by atoms with E-state index < -0.39 is 18.5 Å². The Bertz CT molecular complexity index is 1010. The first-order chi connectivity index (χ1) is 14.7. The van der Waals surface area contributed by atoms with Gasteiger partial charge in [0, 0.05) is 22.7 Å². The number of fused-ring (bicyclic) bond motifs is 2. The molecule has 2 unspecified atom stereocenters. The molecule has 7 nitrogen and oxygen atoms in total. The first-order valence-corrected chi connectivity index (χ1v) is 12.0. The average Bonchev–Trinajstić information content (AvgIpc) is 3.55. The monoisotopic (exact) mass is 440 g/mol. The molecule has 1 N–H and O–H groups in total. The molecule has 3 aliphatic carbocycles. The number of nitrogens with one attached hydrogen (secondary N) is 1. The Morgan fingerprint density at radius 1 is 1.35 bits per heavy atom. The fourth-order valence-electron chi connectivity index (χ4n) is 5.01. The van der Waals surface area contributed by atoms with E-state index in [1.807, 2.05) is 6.26 Å². The lowest BCUT2D eigenvalue weighted by Gasteiger charge is -2.34. The molecule has 1 aromatic rings. The number of amides is 1. The summed E-state index contributed by atoms with van der Waals surface area (Å²) in [7, 11) is 0. The molecule has 164 valence electrons. The highest BCUT2D eigenvalue weighted by Gasteiger charge is 2.60. The van der Waals surface area contributed by atoms with E-state index in [-0.39, 0.29) is 22.0 Å². The predicted molar refractivity (Wildman–Crippen MR) is 118 cm³/mol. The zero-order chi connectivity index (χ0) is 22.4. The van der Waals surface area contributed by atoms with Gasteiger partial charge in [0.05, 0.1) is 11.1 Å². The highest BCUT2D eigenvalue weighted by molar-refractivity contribution is 7.98. The number of hydrogen-bond acceptors (Lipinski definition) is 7. The van der Waals surface area contributed by atoms with Gasteiger partial charge in [0.2, 0.25) is 0 Å². The maximum Gasteiger partial charge on any atom is 0.340 e. The number of rotatable bonds is 6. The van der Waals surface area contributed by atoms with Gasteiger partial charge in [-0.2, -0.15) is 10.4 Å². The first-order valence-electron chi connectivity index (χ1n) is 10.7. The number of nitriles is 1. The molecule has 1 aromatic heterocycles. The maximum absolute atomic E-state index is 12.7. The Labute approximate surface area is 187 Å². The normalized spacial score (nSPS) is 27.2. The number of hydrogen-bond donors (Lipinski definition) is 1. The van der Waals surface area contributed by atoms with Crippen molar-refractivity contribution in [2.24, 2.45) is 21.8 Å². The van der Waals surface area contributed by atoms with Crippen LogP contribution in [0, 0.1) is 28.1 Å². The van der Waals surface area contributed by atoms with Crippen LogP contribution in [0.4, 0.5) is 0 Å². The first kappa shape index (κ1) is 21.8. The zero-order valence-electron chi connectivity index (χ0n) is 18.4. The summed E-state index contributed by atoms with van der Waals surface area (Å²) >= 11 is 1.32. The Hall–Kier alpha value is -2.40. The number of carbonyl (C=O) groups is 2. The molecule has 8 heteroatoms. The van der Waals surface area contributed by atoms with E-state index in [1.165, 1.54) is 18.2 Å². The van der Waals surface area contributed by atoms with E-state index in [1.54, 1.807) is 6.07 Å². The average molecular weight is 441 g/mol. The van der Waals surface area contributed by atoms with Crippen LogP contribution in [-0.4, -0.2) is 35.4 Å². The molecule has 2 bridgehead atoms. The summed E-state index contributed by atoms with van der Waals surface area (Å²) in [5, 5.41) is 14.4. The number of carbonyl (C=O) groups excluding carboxylic acids is 2. The largest absolute Gasteiger partial charge is 0.452 e. The van der Waals surface area contributed by atoms with Gasteiger partial charge >= 0.3 is 5.97 Å². The molecule has 0 radical (unpaired) electrons. The van der Waals surface area contributed by atoms with E-state index in [2.05, 4.69) is 42.4 Å². The van der Waals surface area contributed by atoms with Gasteiger partial charge in [-0.1, -0.05) is 20.8 Å². The molecule has 0 spiro atoms. The standard InChI is InChI=1S/C23H28N4O3S/c1-22(2)14-7-8-23(22,3)18(9-14)26-27-19(28)12-30-21(29)15-10-17(13-5-6-13)25-20(31-4)16(15)11-24/h10,13-14H,5-9,12H2,1-4H3,(H,27,28)/b26-18-. The Morgan fingerprint density at radius 3 is 2.65 bits per heavy atom. The number of esters is 1. The Morgan fingerprint density at radius 2 is 2.10 bits per heavy atom. The summed E-state index contributed by atoms with van der Waals surface area (Å²) in [5.41, 5.74) is 4.92. The quantitative estimate of drug-likeness (QED) is 0.407. The zero-order valence-corrected chi connectivity index (χ0v) is 19.3. The lowest BCUT2D eigenvalue weighted by molar-refractivity contribution is -0.124. The van der Waals surface area contributed by atoms with Gasteiger partial charge in [-0.15, -0.1) is 11.8 Å². The number of hydrazone groups is 1. The smallest absolute Gasteiger partial charge is 0.340 e. The summed E-state index contributed by atoms with van der Waals surface area (Å²) in [6.45, 7) is 6.33. The second-order valence-electron chi connectivity index (χ2n) is 9.53. The van der Waals surface area contributed by atoms with E-state index in [0.29, 0.717) is 16.9 Å². The van der Waals surface area contributed by atoms with Gasteiger partial charge in [-0.3, -0.25) is 4.79 Å². The molecular formula is C23H28N4O3S. The van der Waals surface area contributed by atoms with E-state index in [0.717, 1.165) is 37.1 Å². The molecule has 2 atom stereocenters. The highest BCUT2D eigenvalue weighted by Crippen LogP contribution is 2.63. The SMILES string of the molecule is CSc1nc(C2CC2)cc(C(=O)OCC(=O)N/N=C2/CC3CCC2(C)C3(C)C)c1C#N. The van der Waals surface area contributed by atoms with Crippen molar-refractivity contribution in [3.63, 3.8) is 0 Å². The fraction of sp³-hybridized carbons (Fsp3) is 0.609. The molecule has 3 saturated carbocycles. The summed E-state index contributed by atoms with van der Waals surface area (Å²) in [6.07, 6.45) is 7.05. The number of ether oxygens (including phenoxy) is 1. The Kier molecular flexibility index (Phi) is 5.59. The van der Waals surface area contributed by atoms with E-state index in [9.17, 15) is 14.9 Å². The van der Waals surface area contributed by atoms with Gasteiger partial charge in [-0.25, -0.2) is 15.2 Å². The molecule has 31 heavy (non-hydrogen) atoms. The third-order valence-corrected chi connectivity index (χ3v) is 8.37. The molecule has 3 aliphatic rings. The van der Waals surface area contributed by atoms with Crippen LogP contribution in [-0.2, 0) is 9.53 Å². The molecule has 1 heterocycles. The number of nitrogens with zero attached hydrogens (tertiary/aromatic N) is 3. The summed E-state index contributed by atoms with van der Waals surface area (Å²) in [4.78, 5) is 29.5. The van der Waals surface area contributed by atoms with Gasteiger partial charge in [-0.05, 0) is 55.8 Å². The number of pyridine rings is 1. The number of aromatic nitrogens is 1. The lowest BCUT2D eigenvalue weighted by atomic mass is 9.70. The van der Waals surface area contributed by atoms with E-state index >= 15 is 0 Å². The summed E-state index contributed by atoms with van der Waals surface area (Å²) < 4.78 is 5.22. The van der Waals surface area contributed by atoms with Gasteiger partial charge < -0.3 is 4.74 Å². The second-order valence-corrected chi connectivity index (χ2v) is 10.3. The van der Waals surface area contributed by atoms with Crippen LogP contribution in [0.3, 0.4) is 0 Å². The van der Waals surface area contributed by atoms with Crippen molar-refractivity contribution in [2.75, 3.05) is 12.9 Å². The van der Waals surface area contributed by atoms with Gasteiger partial charge in [0.15, 0.2) is 6.61 Å². The van der Waals surface area contributed by atoms with Crippen molar-refractivity contribution in [3.05, 3.63) is 22.9 Å². The molecule has 0 aliphatic heterocycles. The minimum absolute atomic E-state index is 0.00616. The molecule has 3 fully saturated rings. The van der Waals surface area contributed by atoms with Crippen LogP contribution < -0.4 is 5.43 Å². The fourth-order valence-corrected chi connectivity index (χ4v) is 5.57. The van der Waals surface area contributed by atoms with Crippen LogP contribution >= 0.6 is 11.8 Å². The van der Waals surface area contributed by atoms with Crippen LogP contribution in [0.2, 0.25) is 0 Å². The third kappa shape index (κ3) is 3.73. The number of thioether (sulfide) groups is 1. The predicted octanol–water partition coefficient (Wildman–Crippen LogP) is 4.03. The van der Waals surface area contributed by atoms with Crippen LogP contribution in [0.5, 0.6) is 0 Å². The maximum atomic E-state index is 12.7. The van der Waals surface area contributed by atoms with Crippen molar-refractivity contribution >= 4 is 29.4 Å². The van der Waals surface area contributed by atoms with Crippen molar-refractivity contribution in [3.8, 4) is 6.07 Å². The summed E-state index contributed by atoms with van der Waals surface area (Å²) in [6, 6.07) is 3.69.